The summed E-state index contributed by atoms with van der Waals surface area (Å²) in [6, 6.07) is 0.878. The van der Waals surface area contributed by atoms with E-state index in [1.807, 2.05) is 0 Å². The summed E-state index contributed by atoms with van der Waals surface area (Å²) in [5.41, 5.74) is -1.43. The molecule has 3 heterocycles. The minimum atomic E-state index is -4.48. The SMILES string of the molecule is CC(C)(C)[C@H]1C[C@@H](O)CC2(CCN(c3nccc(C(F)(F)F)n3)CC2)O1. The van der Waals surface area contributed by atoms with E-state index in [1.165, 1.54) is 0 Å². The van der Waals surface area contributed by atoms with Gasteiger partial charge < -0.3 is 14.7 Å². The van der Waals surface area contributed by atoms with E-state index in [0.717, 1.165) is 12.3 Å². The first-order valence-electron chi connectivity index (χ1n) is 9.00. The molecule has 0 aliphatic carbocycles. The van der Waals surface area contributed by atoms with E-state index in [1.54, 1.807) is 4.90 Å². The van der Waals surface area contributed by atoms with Crippen molar-refractivity contribution in [3.8, 4) is 0 Å². The van der Waals surface area contributed by atoms with Crippen LogP contribution < -0.4 is 4.90 Å². The molecule has 0 unspecified atom stereocenters. The molecule has 146 valence electrons. The lowest BCUT2D eigenvalue weighted by Gasteiger charge is -2.50. The molecule has 0 amide bonds. The minimum absolute atomic E-state index is 0.0393. The van der Waals surface area contributed by atoms with E-state index >= 15 is 0 Å². The van der Waals surface area contributed by atoms with Gasteiger partial charge in [-0.05, 0) is 24.3 Å². The highest BCUT2D eigenvalue weighted by Gasteiger charge is 2.46. The molecule has 1 aromatic rings. The van der Waals surface area contributed by atoms with Crippen molar-refractivity contribution in [2.75, 3.05) is 18.0 Å². The fourth-order valence-electron chi connectivity index (χ4n) is 3.78. The predicted octanol–water partition coefficient (Wildman–Crippen LogP) is 3.42. The zero-order valence-electron chi connectivity index (χ0n) is 15.4. The molecule has 8 heteroatoms. The second-order valence-electron chi connectivity index (χ2n) is 8.48. The normalized spacial score (nSPS) is 27.0. The number of alkyl halides is 3. The average molecular weight is 373 g/mol. The van der Waals surface area contributed by atoms with Crippen molar-refractivity contribution in [2.24, 2.45) is 5.41 Å². The molecule has 1 spiro atoms. The lowest BCUT2D eigenvalue weighted by atomic mass is 9.76. The first-order valence-corrected chi connectivity index (χ1v) is 9.00. The smallest absolute Gasteiger partial charge is 0.393 e. The van der Waals surface area contributed by atoms with Crippen LogP contribution in [0.15, 0.2) is 12.3 Å². The number of anilines is 1. The maximum absolute atomic E-state index is 12.9. The number of nitrogens with zero attached hydrogens (tertiary/aromatic N) is 3. The largest absolute Gasteiger partial charge is 0.433 e. The molecule has 1 aromatic heterocycles. The lowest BCUT2D eigenvalue weighted by molar-refractivity contribution is -0.199. The van der Waals surface area contributed by atoms with Gasteiger partial charge in [-0.25, -0.2) is 9.97 Å². The van der Waals surface area contributed by atoms with E-state index in [4.69, 9.17) is 4.74 Å². The number of hydrogen-bond donors (Lipinski definition) is 1. The zero-order chi connectivity index (χ0) is 19.2. The topological polar surface area (TPSA) is 58.5 Å². The Balaban J connectivity index is 1.71. The van der Waals surface area contributed by atoms with Crippen LogP contribution in [0.2, 0.25) is 0 Å². The number of aliphatic hydroxyl groups is 1. The summed E-state index contributed by atoms with van der Waals surface area (Å²) >= 11 is 0. The molecular weight excluding hydrogens is 347 g/mol. The number of aliphatic hydroxyl groups excluding tert-OH is 1. The molecule has 3 rings (SSSR count). The van der Waals surface area contributed by atoms with Crippen molar-refractivity contribution in [1.82, 2.24) is 9.97 Å². The summed E-state index contributed by atoms with van der Waals surface area (Å²) in [4.78, 5) is 9.43. The van der Waals surface area contributed by atoms with E-state index in [-0.39, 0.29) is 17.5 Å². The summed E-state index contributed by atoms with van der Waals surface area (Å²) in [7, 11) is 0. The van der Waals surface area contributed by atoms with Crippen LogP contribution in [0.1, 0.15) is 52.1 Å². The Morgan fingerprint density at radius 1 is 1.23 bits per heavy atom. The number of aromatic nitrogens is 2. The predicted molar refractivity (Wildman–Crippen MR) is 90.8 cm³/mol. The van der Waals surface area contributed by atoms with Gasteiger partial charge in [-0.1, -0.05) is 20.8 Å². The number of ether oxygens (including phenoxy) is 1. The van der Waals surface area contributed by atoms with Crippen LogP contribution in [0.5, 0.6) is 0 Å². The van der Waals surface area contributed by atoms with Crippen LogP contribution in [-0.4, -0.2) is 46.0 Å². The van der Waals surface area contributed by atoms with Crippen LogP contribution in [0.3, 0.4) is 0 Å². The van der Waals surface area contributed by atoms with Gasteiger partial charge in [-0.15, -0.1) is 0 Å². The molecule has 0 aromatic carbocycles. The molecule has 2 saturated heterocycles. The van der Waals surface area contributed by atoms with Crippen molar-refractivity contribution >= 4 is 5.95 Å². The van der Waals surface area contributed by atoms with Gasteiger partial charge in [0.2, 0.25) is 5.95 Å². The Kier molecular flexibility index (Phi) is 4.94. The van der Waals surface area contributed by atoms with Crippen molar-refractivity contribution in [3.63, 3.8) is 0 Å². The van der Waals surface area contributed by atoms with Crippen molar-refractivity contribution in [2.45, 2.75) is 70.4 Å². The number of rotatable bonds is 1. The molecule has 1 N–H and O–H groups in total. The quantitative estimate of drug-likeness (QED) is 0.817. The van der Waals surface area contributed by atoms with Gasteiger partial charge in [0.15, 0.2) is 0 Å². The van der Waals surface area contributed by atoms with E-state index < -0.39 is 23.6 Å². The lowest BCUT2D eigenvalue weighted by Crippen LogP contribution is -2.55. The monoisotopic (exact) mass is 373 g/mol. The van der Waals surface area contributed by atoms with Crippen LogP contribution in [0, 0.1) is 5.41 Å². The molecule has 2 atom stereocenters. The van der Waals surface area contributed by atoms with Crippen LogP contribution in [0.25, 0.3) is 0 Å². The third-order valence-corrected chi connectivity index (χ3v) is 5.34. The summed E-state index contributed by atoms with van der Waals surface area (Å²) in [6.45, 7) is 7.29. The van der Waals surface area contributed by atoms with Gasteiger partial charge in [0, 0.05) is 32.1 Å². The Labute approximate surface area is 151 Å². The maximum atomic E-state index is 12.9. The Bertz CT molecular complexity index is 637. The van der Waals surface area contributed by atoms with E-state index in [2.05, 4.69) is 30.7 Å². The highest BCUT2D eigenvalue weighted by molar-refractivity contribution is 5.32. The second-order valence-corrected chi connectivity index (χ2v) is 8.48. The van der Waals surface area contributed by atoms with Gasteiger partial charge in [0.25, 0.3) is 0 Å². The molecule has 2 fully saturated rings. The summed E-state index contributed by atoms with van der Waals surface area (Å²) < 4.78 is 45.0. The fourth-order valence-corrected chi connectivity index (χ4v) is 3.78. The molecule has 2 aliphatic rings. The molecule has 5 nitrogen and oxygen atoms in total. The second kappa shape index (κ2) is 6.64. The highest BCUT2D eigenvalue weighted by atomic mass is 19.4. The third-order valence-electron chi connectivity index (χ3n) is 5.34. The van der Waals surface area contributed by atoms with Gasteiger partial charge in [0.05, 0.1) is 17.8 Å². The molecule has 26 heavy (non-hydrogen) atoms. The minimum Gasteiger partial charge on any atom is -0.393 e. The number of hydrogen-bond acceptors (Lipinski definition) is 5. The van der Waals surface area contributed by atoms with Crippen LogP contribution in [0.4, 0.5) is 19.1 Å². The van der Waals surface area contributed by atoms with E-state index in [0.29, 0.717) is 38.8 Å². The van der Waals surface area contributed by atoms with Crippen molar-refractivity contribution < 1.29 is 23.0 Å². The first kappa shape index (κ1) is 19.4. The molecule has 0 bridgehead atoms. The van der Waals surface area contributed by atoms with Crippen molar-refractivity contribution in [3.05, 3.63) is 18.0 Å². The van der Waals surface area contributed by atoms with Gasteiger partial charge >= 0.3 is 6.18 Å². The van der Waals surface area contributed by atoms with Crippen LogP contribution >= 0.6 is 0 Å². The Hall–Kier alpha value is -1.41. The third kappa shape index (κ3) is 4.11. The van der Waals surface area contributed by atoms with Gasteiger partial charge in [-0.3, -0.25) is 0 Å². The van der Waals surface area contributed by atoms with E-state index in [9.17, 15) is 18.3 Å². The standard InChI is InChI=1S/C18H26F3N3O2/c1-16(2,3)14-10-12(25)11-17(26-14)5-8-24(9-6-17)15-22-7-4-13(23-15)18(19,20)21/h4,7,12,14,25H,5-6,8-11H2,1-3H3/t12-,14-/m1/s1. The molecular formula is C18H26F3N3O2. The van der Waals surface area contributed by atoms with Crippen LogP contribution in [-0.2, 0) is 10.9 Å². The molecule has 0 saturated carbocycles. The summed E-state index contributed by atoms with van der Waals surface area (Å²) in [5.74, 6) is 0.0957. The molecule has 2 aliphatic heterocycles. The van der Waals surface area contributed by atoms with Crippen molar-refractivity contribution in [1.29, 1.82) is 0 Å². The number of halogens is 3. The summed E-state index contributed by atoms with van der Waals surface area (Å²) in [5, 5.41) is 10.3. The number of piperidine rings is 1. The fraction of sp³-hybridized carbons (Fsp3) is 0.778. The maximum Gasteiger partial charge on any atom is 0.433 e. The average Bonchev–Trinajstić information content (AvgIpc) is 2.53. The highest BCUT2D eigenvalue weighted by Crippen LogP contribution is 2.42. The van der Waals surface area contributed by atoms with Gasteiger partial charge in [0.1, 0.15) is 5.69 Å². The zero-order valence-corrected chi connectivity index (χ0v) is 15.4. The van der Waals surface area contributed by atoms with Gasteiger partial charge in [-0.2, -0.15) is 13.2 Å². The molecule has 0 radical (unpaired) electrons. The summed E-state index contributed by atoms with van der Waals surface area (Å²) in [6.07, 6.45) is -1.33. The Morgan fingerprint density at radius 3 is 2.46 bits per heavy atom. The Morgan fingerprint density at radius 2 is 1.88 bits per heavy atom. The first-order chi connectivity index (χ1) is 12.0.